The van der Waals surface area contributed by atoms with E-state index in [9.17, 15) is 42.7 Å². The van der Waals surface area contributed by atoms with Crippen LogP contribution in [0.3, 0.4) is 0 Å². The summed E-state index contributed by atoms with van der Waals surface area (Å²) in [7, 11) is 1.37. The average Bonchev–Trinajstić information content (AvgIpc) is 0.765. The molecule has 6 saturated heterocycles. The molecule has 31 heteroatoms. The second-order valence-electron chi connectivity index (χ2n) is 43.4. The molecule has 4 aromatic carbocycles. The molecule has 8 amide bonds. The Balaban J connectivity index is 0.000000199. The van der Waals surface area contributed by atoms with Gasteiger partial charge in [-0.1, -0.05) is 92.1 Å². The van der Waals surface area contributed by atoms with Gasteiger partial charge >= 0.3 is 36.6 Å². The topological polar surface area (TPSA) is 279 Å². The maximum atomic E-state index is 13.7. The highest BCUT2D eigenvalue weighted by Gasteiger charge is 2.50. The molecule has 6 aromatic rings. The summed E-state index contributed by atoms with van der Waals surface area (Å²) in [6, 6.07) is 40.1. The molecule has 0 bridgehead atoms. The summed E-state index contributed by atoms with van der Waals surface area (Å²) in [5.74, 6) is 0.984. The van der Waals surface area contributed by atoms with Crippen LogP contribution in [0.2, 0.25) is 0 Å². The molecule has 1 aliphatic carbocycles. The van der Waals surface area contributed by atoms with Crippen LogP contribution in [0.5, 0.6) is 5.75 Å². The number of pyridine rings is 1. The number of para-hydroxylation sites is 2. The van der Waals surface area contributed by atoms with E-state index >= 15 is 0 Å². The number of amides is 8. The van der Waals surface area contributed by atoms with Crippen LogP contribution in [0.25, 0.3) is 0 Å². The predicted molar refractivity (Wildman–Crippen MR) is 524 cm³/mol. The van der Waals surface area contributed by atoms with Gasteiger partial charge < -0.3 is 62.6 Å². The first kappa shape index (κ1) is 108. The van der Waals surface area contributed by atoms with Crippen LogP contribution in [-0.4, -0.2) is 277 Å². The molecule has 7 aliphatic rings. The van der Waals surface area contributed by atoms with Gasteiger partial charge in [0, 0.05) is 152 Å². The molecule has 30 nitrogen and oxygen atoms in total. The zero-order chi connectivity index (χ0) is 99.5. The number of carbonyl (C=O) groups excluding carboxylic acids is 8. The monoisotopic (exact) mass is 1860 g/mol. The number of rotatable bonds is 9. The summed E-state index contributed by atoms with van der Waals surface area (Å²) in [6.07, 6.45) is 11.8. The lowest BCUT2D eigenvalue weighted by Crippen LogP contribution is -2.65. The zero-order valence-corrected chi connectivity index (χ0v) is 85.3. The minimum atomic E-state index is -1.10. The first-order chi connectivity index (χ1) is 62.2. The van der Waals surface area contributed by atoms with Crippen LogP contribution in [-0.2, 0) is 44.6 Å². The molecule has 1 saturated carbocycles. The molecule has 0 N–H and O–H groups in total. The molecular weight excluding hydrogens is 1710 g/mol. The number of piperazine rings is 6. The van der Waals surface area contributed by atoms with Gasteiger partial charge in [-0.3, -0.25) is 44.0 Å². The number of aromatic nitrogens is 3. The van der Waals surface area contributed by atoms with Crippen LogP contribution in [0, 0.1) is 5.82 Å². The Morgan fingerprint density at radius 2 is 0.739 bits per heavy atom. The molecule has 0 unspecified atom stereocenters. The third-order valence-electron chi connectivity index (χ3n) is 23.7. The van der Waals surface area contributed by atoms with Gasteiger partial charge in [0.05, 0.1) is 35.5 Å². The molecule has 2 aromatic heterocycles. The predicted octanol–water partition coefficient (Wildman–Crippen LogP) is 19.0. The van der Waals surface area contributed by atoms with Gasteiger partial charge in [-0.15, -0.1) is 0 Å². The molecule has 0 atom stereocenters. The molecule has 13 rings (SSSR count). The lowest BCUT2D eigenvalue weighted by molar-refractivity contribution is -0.131. The van der Waals surface area contributed by atoms with Crippen molar-refractivity contribution in [3.63, 3.8) is 0 Å². The van der Waals surface area contributed by atoms with Gasteiger partial charge in [0.25, 0.3) is 11.8 Å². The van der Waals surface area contributed by atoms with Gasteiger partial charge in [0.1, 0.15) is 57.3 Å². The Kier molecular flexibility index (Phi) is 36.3. The minimum Gasteiger partial charge on any atom is -0.494 e. The second kappa shape index (κ2) is 44.9. The van der Waals surface area contributed by atoms with Crippen molar-refractivity contribution in [3.05, 3.63) is 164 Å². The lowest BCUT2D eigenvalue weighted by atomic mass is 9.91. The van der Waals surface area contributed by atoms with Gasteiger partial charge in [0.15, 0.2) is 11.6 Å². The summed E-state index contributed by atoms with van der Waals surface area (Å²) in [5, 5.41) is 0. The molecular formula is C103H154FN15O15. The maximum absolute atomic E-state index is 13.7. The van der Waals surface area contributed by atoms with Crippen molar-refractivity contribution in [3.8, 4) is 5.75 Å². The molecule has 7 fully saturated rings. The Morgan fingerprint density at radius 1 is 0.373 bits per heavy atom. The number of hydrogen-bond acceptors (Lipinski definition) is 22. The summed E-state index contributed by atoms with van der Waals surface area (Å²) in [6.45, 7) is 62.6. The Bertz CT molecular complexity index is 4600. The van der Waals surface area contributed by atoms with Gasteiger partial charge in [-0.05, 0) is 254 Å². The molecule has 134 heavy (non-hydrogen) atoms. The van der Waals surface area contributed by atoms with Crippen molar-refractivity contribution in [1.82, 2.24) is 49.3 Å². The van der Waals surface area contributed by atoms with E-state index in [-0.39, 0.29) is 77.2 Å². The number of carbonyl (C=O) groups is 8. The highest BCUT2D eigenvalue weighted by atomic mass is 19.1. The van der Waals surface area contributed by atoms with Gasteiger partial charge in [-0.2, -0.15) is 0 Å². The first-order valence-electron chi connectivity index (χ1n) is 47.0. The Hall–Kier alpha value is -11.2. The summed E-state index contributed by atoms with van der Waals surface area (Å²) in [4.78, 5) is 136. The maximum Gasteiger partial charge on any atom is 0.411 e. The quantitative estimate of drug-likeness (QED) is 0.122. The van der Waals surface area contributed by atoms with Gasteiger partial charge in [0.2, 0.25) is 0 Å². The van der Waals surface area contributed by atoms with E-state index in [1.165, 1.54) is 77.8 Å². The van der Waals surface area contributed by atoms with Gasteiger partial charge in [-0.25, -0.2) is 43.1 Å². The van der Waals surface area contributed by atoms with Crippen LogP contribution in [0.4, 0.5) is 61.9 Å². The van der Waals surface area contributed by atoms with Crippen LogP contribution < -0.4 is 29.2 Å². The first-order valence-corrected chi connectivity index (χ1v) is 47.0. The fraction of sp³-hybridized carbons (Fsp3) is 0.602. The van der Waals surface area contributed by atoms with Crippen molar-refractivity contribution < 1.29 is 75.9 Å². The van der Waals surface area contributed by atoms with Crippen molar-refractivity contribution >= 4 is 77.1 Å². The molecule has 6 aliphatic heterocycles. The minimum absolute atomic E-state index is 0.0628. The van der Waals surface area contributed by atoms with E-state index in [1.54, 1.807) is 62.3 Å². The smallest absolute Gasteiger partial charge is 0.411 e. The number of hydrogen-bond donors (Lipinski definition) is 0. The standard InChI is InChI=1S/C21H23FN2O4.C17H24N2O3.C17H32N2O2.C17H26N2O2.C16H25N3O2.C15H24N4O2/c1-21(2)19(25)23(16-9-10-17(22)18(13-16)27-3)11-12-24(21)20(26)28-14-15-7-5-4-6-8-15;1-16(2,3)22-15(21)19-12-11-18(14(20)17(19,4)5)13-9-7-6-8-10-13;2*1-16(2,3)21-15(20)19-12-11-18(13-17(19,4)5)14-9-7-6-8-10-14;1-15(2,3)21-14(20)19-11-10-18(12-16(19,4)5)13-8-6-7-9-17-13;1-14(2,3)21-13(20)19-9-8-18(11-15(19,4)5)12-10-16-6-7-17-12/h4-10,13H,11-12,14H2,1-3H3;6-10H,11-12H2,1-5H3;14H,6-13H2,1-5H3;6-10H,11-13H2,1-5H3;6-9H,10-12H2,1-5H3;6-7,10H,8-9,11H2,1-5H3. The third-order valence-corrected chi connectivity index (χ3v) is 23.7. The largest absolute Gasteiger partial charge is 0.494 e. The van der Waals surface area contributed by atoms with Crippen molar-refractivity contribution in [2.45, 2.75) is 293 Å². The summed E-state index contributed by atoms with van der Waals surface area (Å²) < 4.78 is 51.6. The Labute approximate surface area is 796 Å². The number of halogens is 1. The highest BCUT2D eigenvalue weighted by molar-refractivity contribution is 6.03. The fourth-order valence-corrected chi connectivity index (χ4v) is 17.0. The normalized spacial score (nSPS) is 19.0. The molecule has 0 radical (unpaired) electrons. The van der Waals surface area contributed by atoms with E-state index in [0.29, 0.717) is 51.5 Å². The van der Waals surface area contributed by atoms with E-state index in [4.69, 9.17) is 33.2 Å². The van der Waals surface area contributed by atoms with E-state index in [2.05, 4.69) is 88.2 Å². The lowest BCUT2D eigenvalue weighted by Gasteiger charge is -2.49. The number of anilines is 5. The number of benzene rings is 4. The summed E-state index contributed by atoms with van der Waals surface area (Å²) >= 11 is 0. The van der Waals surface area contributed by atoms with Crippen molar-refractivity contribution in [1.29, 1.82) is 0 Å². The van der Waals surface area contributed by atoms with Crippen molar-refractivity contribution in [2.75, 3.05) is 136 Å². The molecule has 8 heterocycles. The molecule has 0 spiro atoms. The fourth-order valence-electron chi connectivity index (χ4n) is 17.0. The third kappa shape index (κ3) is 31.2. The SMILES string of the molecule is CC(C)(C)OC(=O)N1CCN(C2CCCCC2)CC1(C)C.CC(C)(C)OC(=O)N1CCN(c2ccccc2)C(=O)C1(C)C.CC(C)(C)OC(=O)N1CCN(c2ccccc2)CC1(C)C.CC(C)(C)OC(=O)N1CCN(c2ccccn2)CC1(C)C.CC(C)(C)OC(=O)N1CCN(c2cnccn2)CC1(C)C.COc1cc(N2CCN(C(=O)OCc3ccccc3)C(C)(C)C2=O)ccc1F. The summed E-state index contributed by atoms with van der Waals surface area (Å²) in [5.41, 5.74) is -2.01. The highest BCUT2D eigenvalue weighted by Crippen LogP contribution is 2.37. The van der Waals surface area contributed by atoms with Crippen LogP contribution in [0.15, 0.2) is 152 Å². The number of ether oxygens (including phenoxy) is 7. The number of methoxy groups -OCH3 is 1. The van der Waals surface area contributed by atoms with Crippen molar-refractivity contribution in [2.24, 2.45) is 0 Å². The second-order valence-corrected chi connectivity index (χ2v) is 43.4. The van der Waals surface area contributed by atoms with E-state index in [0.717, 1.165) is 81.3 Å². The van der Waals surface area contributed by atoms with E-state index < -0.39 is 57.1 Å². The Morgan fingerprint density at radius 3 is 1.14 bits per heavy atom. The average molecular weight is 1860 g/mol. The van der Waals surface area contributed by atoms with Crippen LogP contribution in [0.1, 0.15) is 225 Å². The van der Waals surface area contributed by atoms with E-state index in [1.807, 2.05) is 229 Å². The number of nitrogens with zero attached hydrogens (tertiary/aromatic N) is 15. The molecule has 738 valence electrons. The zero-order valence-electron chi connectivity index (χ0n) is 85.3. The van der Waals surface area contributed by atoms with Crippen LogP contribution >= 0.6 is 0 Å².